The third-order valence-corrected chi connectivity index (χ3v) is 2.45. The van der Waals surface area contributed by atoms with E-state index < -0.39 is 0 Å². The Morgan fingerprint density at radius 1 is 0.944 bits per heavy atom. The van der Waals surface area contributed by atoms with Gasteiger partial charge in [0.15, 0.2) is 11.5 Å². The van der Waals surface area contributed by atoms with Crippen LogP contribution in [0.2, 0.25) is 0 Å². The van der Waals surface area contributed by atoms with E-state index in [1.165, 1.54) is 6.07 Å². The van der Waals surface area contributed by atoms with Crippen LogP contribution >= 0.6 is 0 Å². The summed E-state index contributed by atoms with van der Waals surface area (Å²) < 4.78 is 5.05. The number of rotatable bonds is 1. The molecule has 2 N–H and O–H groups in total. The summed E-state index contributed by atoms with van der Waals surface area (Å²) in [6, 6.07) is 12.0. The molecule has 0 unspecified atom stereocenters. The summed E-state index contributed by atoms with van der Waals surface area (Å²) in [6.45, 7) is 0. The zero-order chi connectivity index (χ0) is 13.0. The average molecular weight is 240 g/mol. The van der Waals surface area contributed by atoms with Gasteiger partial charge < -0.3 is 14.9 Å². The van der Waals surface area contributed by atoms with Crippen LogP contribution in [-0.4, -0.2) is 17.3 Å². The molecule has 0 aliphatic heterocycles. The summed E-state index contributed by atoms with van der Waals surface area (Å²) in [5, 5.41) is 18.9. The zero-order valence-corrected chi connectivity index (χ0v) is 9.84. The lowest BCUT2D eigenvalue weighted by atomic mass is 10.1. The van der Waals surface area contributed by atoms with Crippen molar-refractivity contribution in [3.63, 3.8) is 0 Å². The van der Waals surface area contributed by atoms with Crippen LogP contribution in [0.5, 0.6) is 17.2 Å². The first-order chi connectivity index (χ1) is 8.70. The van der Waals surface area contributed by atoms with Crippen LogP contribution in [0.15, 0.2) is 42.5 Å². The van der Waals surface area contributed by atoms with Crippen molar-refractivity contribution >= 4 is 0 Å². The highest BCUT2D eigenvalue weighted by Gasteiger charge is 2.02. The minimum Gasteiger partial charge on any atom is -0.504 e. The van der Waals surface area contributed by atoms with Crippen molar-refractivity contribution in [2.24, 2.45) is 0 Å². The summed E-state index contributed by atoms with van der Waals surface area (Å²) in [4.78, 5) is 0. The van der Waals surface area contributed by atoms with Gasteiger partial charge in [-0.2, -0.15) is 0 Å². The highest BCUT2D eigenvalue weighted by atomic mass is 16.5. The van der Waals surface area contributed by atoms with Crippen molar-refractivity contribution in [1.29, 1.82) is 0 Å². The Bertz CT molecular complexity index is 604. The summed E-state index contributed by atoms with van der Waals surface area (Å²) >= 11 is 0. The molecule has 3 heteroatoms. The fraction of sp³-hybridized carbons (Fsp3) is 0.0667. The second kappa shape index (κ2) is 5.15. The van der Waals surface area contributed by atoms with Gasteiger partial charge >= 0.3 is 0 Å². The van der Waals surface area contributed by atoms with Gasteiger partial charge in [0.2, 0.25) is 0 Å². The van der Waals surface area contributed by atoms with Gasteiger partial charge in [-0.15, -0.1) is 0 Å². The Morgan fingerprint density at radius 3 is 2.33 bits per heavy atom. The molecular formula is C15H12O3. The van der Waals surface area contributed by atoms with Crippen LogP contribution in [0.25, 0.3) is 0 Å². The monoisotopic (exact) mass is 240 g/mol. The van der Waals surface area contributed by atoms with Crippen molar-refractivity contribution < 1.29 is 14.9 Å². The molecule has 0 aliphatic rings. The number of para-hydroxylation sites is 1. The van der Waals surface area contributed by atoms with E-state index in [-0.39, 0.29) is 11.5 Å². The van der Waals surface area contributed by atoms with Crippen LogP contribution in [-0.2, 0) is 0 Å². The molecule has 0 saturated heterocycles. The highest BCUT2D eigenvalue weighted by Crippen LogP contribution is 2.27. The van der Waals surface area contributed by atoms with E-state index in [1.807, 2.05) is 24.3 Å². The highest BCUT2D eigenvalue weighted by molar-refractivity contribution is 5.54. The molecule has 2 rings (SSSR count). The van der Waals surface area contributed by atoms with Gasteiger partial charge in [-0.3, -0.25) is 0 Å². The first kappa shape index (κ1) is 11.9. The summed E-state index contributed by atoms with van der Waals surface area (Å²) in [7, 11) is 1.60. The van der Waals surface area contributed by atoms with E-state index in [0.717, 1.165) is 11.3 Å². The van der Waals surface area contributed by atoms with Crippen molar-refractivity contribution in [3.05, 3.63) is 53.6 Å². The Labute approximate surface area is 105 Å². The Kier molecular flexibility index (Phi) is 3.40. The minimum absolute atomic E-state index is 0.170. The SMILES string of the molecule is COc1ccc(C#Cc2cccc(O)c2O)cc1. The molecule has 0 heterocycles. The molecule has 0 saturated carbocycles. The standard InChI is InChI=1S/C15H12O3/c1-18-13-9-6-11(7-10-13)5-8-12-3-2-4-14(16)15(12)17/h2-4,6-7,9-10,16-17H,1H3. The number of phenols is 2. The van der Waals surface area contributed by atoms with E-state index >= 15 is 0 Å². The third-order valence-electron chi connectivity index (χ3n) is 2.45. The molecule has 0 aromatic heterocycles. The second-order valence-corrected chi connectivity index (χ2v) is 3.65. The van der Waals surface area contributed by atoms with Crippen molar-refractivity contribution in [2.45, 2.75) is 0 Å². The van der Waals surface area contributed by atoms with Crippen molar-refractivity contribution in [3.8, 4) is 29.1 Å². The predicted molar refractivity (Wildman–Crippen MR) is 68.7 cm³/mol. The second-order valence-electron chi connectivity index (χ2n) is 3.65. The summed E-state index contributed by atoms with van der Waals surface area (Å²) in [5.41, 5.74) is 1.20. The predicted octanol–water partition coefficient (Wildman–Crippen LogP) is 2.51. The van der Waals surface area contributed by atoms with E-state index in [9.17, 15) is 10.2 Å². The van der Waals surface area contributed by atoms with E-state index in [4.69, 9.17) is 4.74 Å². The molecule has 3 nitrogen and oxygen atoms in total. The molecule has 2 aromatic carbocycles. The lowest BCUT2D eigenvalue weighted by molar-refractivity contribution is 0.403. The van der Waals surface area contributed by atoms with Crippen LogP contribution in [0.4, 0.5) is 0 Å². The number of hydrogen-bond donors (Lipinski definition) is 2. The number of hydrogen-bond acceptors (Lipinski definition) is 3. The fourth-order valence-corrected chi connectivity index (χ4v) is 1.45. The van der Waals surface area contributed by atoms with Gasteiger partial charge in [-0.05, 0) is 36.4 Å². The summed E-state index contributed by atoms with van der Waals surface area (Å²) in [5.74, 6) is 6.11. The number of benzene rings is 2. The molecular weight excluding hydrogens is 228 g/mol. The fourth-order valence-electron chi connectivity index (χ4n) is 1.45. The molecule has 2 aromatic rings. The molecule has 0 fully saturated rings. The summed E-state index contributed by atoms with van der Waals surface area (Å²) in [6.07, 6.45) is 0. The molecule has 0 amide bonds. The minimum atomic E-state index is -0.196. The molecule has 18 heavy (non-hydrogen) atoms. The van der Waals surface area contributed by atoms with Crippen LogP contribution in [0.1, 0.15) is 11.1 Å². The maximum Gasteiger partial charge on any atom is 0.173 e. The first-order valence-electron chi connectivity index (χ1n) is 5.37. The molecule has 90 valence electrons. The first-order valence-corrected chi connectivity index (χ1v) is 5.37. The molecule has 0 aliphatic carbocycles. The van der Waals surface area contributed by atoms with Crippen LogP contribution in [0.3, 0.4) is 0 Å². The maximum absolute atomic E-state index is 9.59. The van der Waals surface area contributed by atoms with Crippen LogP contribution < -0.4 is 4.74 Å². The van der Waals surface area contributed by atoms with Gasteiger partial charge in [-0.1, -0.05) is 17.9 Å². The Balaban J connectivity index is 2.28. The van der Waals surface area contributed by atoms with E-state index in [0.29, 0.717) is 5.56 Å². The van der Waals surface area contributed by atoms with E-state index in [1.54, 1.807) is 19.2 Å². The molecule has 0 radical (unpaired) electrons. The maximum atomic E-state index is 9.59. The number of phenolic OH excluding ortho intramolecular Hbond substituents is 2. The molecule has 0 spiro atoms. The van der Waals surface area contributed by atoms with Gasteiger partial charge in [-0.25, -0.2) is 0 Å². The van der Waals surface area contributed by atoms with Crippen LogP contribution in [0, 0.1) is 11.8 Å². The van der Waals surface area contributed by atoms with Crippen molar-refractivity contribution in [2.75, 3.05) is 7.11 Å². The van der Waals surface area contributed by atoms with Gasteiger partial charge in [0, 0.05) is 5.56 Å². The van der Waals surface area contributed by atoms with E-state index in [2.05, 4.69) is 11.8 Å². The van der Waals surface area contributed by atoms with Gasteiger partial charge in [0.05, 0.1) is 12.7 Å². The smallest absolute Gasteiger partial charge is 0.173 e. The lowest BCUT2D eigenvalue weighted by Gasteiger charge is -1.99. The number of methoxy groups -OCH3 is 1. The largest absolute Gasteiger partial charge is 0.504 e. The number of ether oxygens (including phenoxy) is 1. The van der Waals surface area contributed by atoms with Crippen molar-refractivity contribution in [1.82, 2.24) is 0 Å². The topological polar surface area (TPSA) is 49.7 Å². The third kappa shape index (κ3) is 2.55. The number of aromatic hydroxyl groups is 2. The lowest BCUT2D eigenvalue weighted by Crippen LogP contribution is -1.82. The Hall–Kier alpha value is -2.60. The quantitative estimate of drug-likeness (QED) is 0.594. The average Bonchev–Trinajstić information content (AvgIpc) is 2.41. The molecule has 0 atom stereocenters. The molecule has 0 bridgehead atoms. The van der Waals surface area contributed by atoms with Gasteiger partial charge in [0.1, 0.15) is 5.75 Å². The normalized spacial score (nSPS) is 9.39. The Morgan fingerprint density at radius 2 is 1.67 bits per heavy atom. The zero-order valence-electron chi connectivity index (χ0n) is 9.84. The van der Waals surface area contributed by atoms with Gasteiger partial charge in [0.25, 0.3) is 0 Å².